The molecule has 0 aliphatic carbocycles. The summed E-state index contributed by atoms with van der Waals surface area (Å²) in [6, 6.07) is 23.0. The quantitative estimate of drug-likeness (QED) is 0.390. The van der Waals surface area contributed by atoms with Gasteiger partial charge in [-0.3, -0.25) is 14.4 Å². The summed E-state index contributed by atoms with van der Waals surface area (Å²) >= 11 is 0. The smallest absolute Gasteiger partial charge is 0.338 e. The van der Waals surface area contributed by atoms with Crippen molar-refractivity contribution in [3.63, 3.8) is 0 Å². The largest absolute Gasteiger partial charge is 0.452 e. The first-order chi connectivity index (χ1) is 17.5. The van der Waals surface area contributed by atoms with Crippen LogP contribution in [-0.2, 0) is 16.0 Å². The molecule has 1 saturated heterocycles. The van der Waals surface area contributed by atoms with Crippen LogP contribution in [0.3, 0.4) is 0 Å². The second kappa shape index (κ2) is 10.2. The maximum atomic E-state index is 12.6. The molecule has 0 unspecified atom stereocenters. The zero-order chi connectivity index (χ0) is 25.1. The molecule has 0 aromatic heterocycles. The van der Waals surface area contributed by atoms with Crippen LogP contribution in [0.15, 0.2) is 78.9 Å². The van der Waals surface area contributed by atoms with Crippen LogP contribution in [0, 0.1) is 5.92 Å². The zero-order valence-corrected chi connectivity index (χ0v) is 19.8. The molecule has 0 saturated carbocycles. The normalized spacial score (nSPS) is 15.7. The summed E-state index contributed by atoms with van der Waals surface area (Å²) in [4.78, 5) is 53.2. The minimum Gasteiger partial charge on any atom is -0.452 e. The number of anilines is 1. The topological polar surface area (TPSA) is 84.0 Å². The molecule has 3 aromatic carbocycles. The number of amides is 3. The number of fused-ring (bicyclic) bond motifs is 1. The van der Waals surface area contributed by atoms with Crippen LogP contribution >= 0.6 is 0 Å². The highest BCUT2D eigenvalue weighted by Crippen LogP contribution is 2.28. The maximum absolute atomic E-state index is 12.6. The Balaban J connectivity index is 1.12. The average molecular weight is 483 g/mol. The number of nitrogens with zero attached hydrogens (tertiary/aromatic N) is 2. The van der Waals surface area contributed by atoms with Crippen LogP contribution in [0.5, 0.6) is 0 Å². The van der Waals surface area contributed by atoms with E-state index >= 15 is 0 Å². The van der Waals surface area contributed by atoms with E-state index in [9.17, 15) is 19.2 Å². The van der Waals surface area contributed by atoms with Crippen molar-refractivity contribution in [2.75, 3.05) is 24.6 Å². The summed E-state index contributed by atoms with van der Waals surface area (Å²) in [6.07, 6.45) is 2.86. The SMILES string of the molecule is O=C(OCC(=O)N1CCC(Cc2ccccc2)CC1)c1ccc(N2C(=O)c3ccccc3C2=O)cc1. The van der Waals surface area contributed by atoms with Crippen molar-refractivity contribution in [3.05, 3.63) is 101 Å². The van der Waals surface area contributed by atoms with Crippen molar-refractivity contribution in [2.24, 2.45) is 5.92 Å². The number of carbonyl (C=O) groups excluding carboxylic acids is 4. The molecule has 0 bridgehead atoms. The molecular weight excluding hydrogens is 456 g/mol. The molecule has 0 spiro atoms. The van der Waals surface area contributed by atoms with Crippen LogP contribution in [0.2, 0.25) is 0 Å². The van der Waals surface area contributed by atoms with Crippen molar-refractivity contribution in [2.45, 2.75) is 19.3 Å². The fourth-order valence-electron chi connectivity index (χ4n) is 4.81. The van der Waals surface area contributed by atoms with E-state index in [0.717, 1.165) is 24.2 Å². The highest BCUT2D eigenvalue weighted by atomic mass is 16.5. The Morgan fingerprint density at radius 3 is 1.97 bits per heavy atom. The summed E-state index contributed by atoms with van der Waals surface area (Å²) in [5, 5.41) is 0. The van der Waals surface area contributed by atoms with Gasteiger partial charge in [0.25, 0.3) is 17.7 Å². The fraction of sp³-hybridized carbons (Fsp3) is 0.241. The number of ether oxygens (including phenoxy) is 1. The Kier molecular flexibility index (Phi) is 6.62. The van der Waals surface area contributed by atoms with Gasteiger partial charge in [-0.05, 0) is 67.1 Å². The lowest BCUT2D eigenvalue weighted by molar-refractivity contribution is -0.135. The number of hydrogen-bond donors (Lipinski definition) is 0. The number of hydrogen-bond acceptors (Lipinski definition) is 5. The molecule has 3 amide bonds. The third-order valence-corrected chi connectivity index (χ3v) is 6.82. The first-order valence-electron chi connectivity index (χ1n) is 12.1. The summed E-state index contributed by atoms with van der Waals surface area (Å²) in [6.45, 7) is 0.994. The van der Waals surface area contributed by atoms with Gasteiger partial charge in [0.05, 0.1) is 22.4 Å². The number of piperidine rings is 1. The predicted octanol–water partition coefficient (Wildman–Crippen LogP) is 4.13. The molecule has 0 radical (unpaired) electrons. The molecule has 36 heavy (non-hydrogen) atoms. The van der Waals surface area contributed by atoms with E-state index < -0.39 is 17.8 Å². The van der Waals surface area contributed by atoms with Gasteiger partial charge in [-0.15, -0.1) is 0 Å². The Hall–Kier alpha value is -4.26. The molecule has 0 N–H and O–H groups in total. The molecular formula is C29H26N2O5. The number of benzene rings is 3. The molecule has 182 valence electrons. The molecule has 2 aliphatic rings. The van der Waals surface area contributed by atoms with E-state index in [1.54, 1.807) is 29.2 Å². The standard InChI is InChI=1S/C29H26N2O5/c32-26(30-16-14-21(15-17-30)18-20-6-2-1-3-7-20)19-36-29(35)22-10-12-23(13-11-22)31-27(33)24-8-4-5-9-25(24)28(31)34/h1-13,21H,14-19H2. The Morgan fingerprint density at radius 2 is 1.36 bits per heavy atom. The summed E-state index contributed by atoms with van der Waals surface area (Å²) in [5.41, 5.74) is 2.63. The highest BCUT2D eigenvalue weighted by Gasteiger charge is 2.36. The van der Waals surface area contributed by atoms with Gasteiger partial charge in [0.15, 0.2) is 6.61 Å². The van der Waals surface area contributed by atoms with Gasteiger partial charge in [-0.1, -0.05) is 42.5 Å². The maximum Gasteiger partial charge on any atom is 0.338 e. The third kappa shape index (κ3) is 4.77. The number of rotatable bonds is 6. The first-order valence-corrected chi connectivity index (χ1v) is 12.1. The zero-order valence-electron chi connectivity index (χ0n) is 19.8. The van der Waals surface area contributed by atoms with Gasteiger partial charge < -0.3 is 9.64 Å². The Labute approximate surface area is 209 Å². The molecule has 1 fully saturated rings. The van der Waals surface area contributed by atoms with E-state index in [2.05, 4.69) is 12.1 Å². The van der Waals surface area contributed by atoms with E-state index in [1.165, 1.54) is 29.8 Å². The van der Waals surface area contributed by atoms with Gasteiger partial charge >= 0.3 is 5.97 Å². The van der Waals surface area contributed by atoms with Crippen molar-refractivity contribution in [3.8, 4) is 0 Å². The second-order valence-electron chi connectivity index (χ2n) is 9.13. The molecule has 5 rings (SSSR count). The molecule has 3 aromatic rings. The minimum absolute atomic E-state index is 0.204. The lowest BCUT2D eigenvalue weighted by atomic mass is 9.90. The van der Waals surface area contributed by atoms with Crippen LogP contribution in [0.1, 0.15) is 49.5 Å². The van der Waals surface area contributed by atoms with Crippen molar-refractivity contribution in [1.29, 1.82) is 0 Å². The second-order valence-corrected chi connectivity index (χ2v) is 9.13. The van der Waals surface area contributed by atoms with E-state index in [1.807, 2.05) is 18.2 Å². The lowest BCUT2D eigenvalue weighted by Crippen LogP contribution is -2.41. The van der Waals surface area contributed by atoms with Crippen LogP contribution in [0.4, 0.5) is 5.69 Å². The van der Waals surface area contributed by atoms with Crippen molar-refractivity contribution >= 4 is 29.4 Å². The number of likely N-dealkylation sites (tertiary alicyclic amines) is 1. The summed E-state index contributed by atoms with van der Waals surface area (Å²) < 4.78 is 5.25. The Morgan fingerprint density at radius 1 is 0.778 bits per heavy atom. The van der Waals surface area contributed by atoms with Crippen molar-refractivity contribution < 1.29 is 23.9 Å². The van der Waals surface area contributed by atoms with Gasteiger partial charge in [-0.25, -0.2) is 9.69 Å². The monoisotopic (exact) mass is 482 g/mol. The molecule has 2 aliphatic heterocycles. The van der Waals surface area contributed by atoms with E-state index in [0.29, 0.717) is 35.8 Å². The van der Waals surface area contributed by atoms with E-state index in [4.69, 9.17) is 4.74 Å². The molecule has 2 heterocycles. The minimum atomic E-state index is -0.628. The van der Waals surface area contributed by atoms with Crippen LogP contribution in [-0.4, -0.2) is 48.3 Å². The summed E-state index contributed by atoms with van der Waals surface area (Å²) in [7, 11) is 0. The predicted molar refractivity (Wildman–Crippen MR) is 134 cm³/mol. The third-order valence-electron chi connectivity index (χ3n) is 6.82. The number of carbonyl (C=O) groups is 4. The Bertz CT molecular complexity index is 1260. The van der Waals surface area contributed by atoms with Crippen LogP contribution in [0.25, 0.3) is 0 Å². The van der Waals surface area contributed by atoms with Gasteiger partial charge in [-0.2, -0.15) is 0 Å². The number of esters is 1. The molecule has 7 heteroatoms. The van der Waals surface area contributed by atoms with Gasteiger partial charge in [0.1, 0.15) is 0 Å². The van der Waals surface area contributed by atoms with Gasteiger partial charge in [0.2, 0.25) is 0 Å². The van der Waals surface area contributed by atoms with Crippen molar-refractivity contribution in [1.82, 2.24) is 4.90 Å². The first kappa shape index (κ1) is 23.5. The molecule has 7 nitrogen and oxygen atoms in total. The summed E-state index contributed by atoms with van der Waals surface area (Å²) in [5.74, 6) is -1.09. The molecule has 0 atom stereocenters. The average Bonchev–Trinajstić information content (AvgIpc) is 3.18. The van der Waals surface area contributed by atoms with Gasteiger partial charge in [0, 0.05) is 13.1 Å². The number of imide groups is 1. The van der Waals surface area contributed by atoms with Crippen LogP contribution < -0.4 is 4.90 Å². The lowest BCUT2D eigenvalue weighted by Gasteiger charge is -2.32. The highest BCUT2D eigenvalue weighted by molar-refractivity contribution is 6.34. The van der Waals surface area contributed by atoms with E-state index in [-0.39, 0.29) is 18.1 Å². The fourth-order valence-corrected chi connectivity index (χ4v) is 4.81.